The second-order valence-electron chi connectivity index (χ2n) is 6.61. The Kier molecular flexibility index (Phi) is 5.46. The van der Waals surface area contributed by atoms with Gasteiger partial charge in [0.1, 0.15) is 23.1 Å². The van der Waals surface area contributed by atoms with Crippen molar-refractivity contribution in [1.82, 2.24) is 15.4 Å². The van der Waals surface area contributed by atoms with Crippen LogP contribution in [0.15, 0.2) is 28.8 Å². The standard InChI is InChI=1S/C19H23N3O5/c1-11(23)18-16(19(25)22-9-8-14(10-22)20-12(2)24)17(21-27-18)13-4-6-15(26-3)7-5-13/h4-7,11,14,23H,8-10H2,1-3H3,(H,20,24)/t11-,14+/m0/s1. The minimum atomic E-state index is -0.975. The molecule has 144 valence electrons. The third-order valence-electron chi connectivity index (χ3n) is 4.56. The predicted octanol–water partition coefficient (Wildman–Crippen LogP) is 1.75. The zero-order valence-corrected chi connectivity index (χ0v) is 15.6. The van der Waals surface area contributed by atoms with E-state index in [1.807, 2.05) is 0 Å². The van der Waals surface area contributed by atoms with Crippen molar-refractivity contribution in [2.45, 2.75) is 32.4 Å². The van der Waals surface area contributed by atoms with Crippen LogP contribution in [0, 0.1) is 0 Å². The van der Waals surface area contributed by atoms with Crippen LogP contribution in [-0.4, -0.2) is 53.2 Å². The number of nitrogens with zero attached hydrogens (tertiary/aromatic N) is 2. The van der Waals surface area contributed by atoms with Crippen LogP contribution in [0.1, 0.15) is 42.5 Å². The highest BCUT2D eigenvalue weighted by Gasteiger charge is 2.34. The van der Waals surface area contributed by atoms with Crippen LogP contribution in [0.2, 0.25) is 0 Å². The maximum atomic E-state index is 13.2. The third-order valence-corrected chi connectivity index (χ3v) is 4.56. The quantitative estimate of drug-likeness (QED) is 0.827. The van der Waals surface area contributed by atoms with Crippen molar-refractivity contribution in [3.63, 3.8) is 0 Å². The molecule has 0 spiro atoms. The van der Waals surface area contributed by atoms with E-state index in [1.54, 1.807) is 36.3 Å². The summed E-state index contributed by atoms with van der Waals surface area (Å²) in [5, 5.41) is 16.9. The number of aliphatic hydroxyl groups is 1. The highest BCUT2D eigenvalue weighted by atomic mass is 16.5. The van der Waals surface area contributed by atoms with Crippen molar-refractivity contribution >= 4 is 11.8 Å². The number of carbonyl (C=O) groups is 2. The molecule has 0 aliphatic carbocycles. The number of hydrogen-bond donors (Lipinski definition) is 2. The van der Waals surface area contributed by atoms with Gasteiger partial charge in [-0.2, -0.15) is 0 Å². The lowest BCUT2D eigenvalue weighted by molar-refractivity contribution is -0.119. The molecule has 1 saturated heterocycles. The smallest absolute Gasteiger partial charge is 0.259 e. The Bertz CT molecular complexity index is 828. The molecule has 2 N–H and O–H groups in total. The molecule has 27 heavy (non-hydrogen) atoms. The topological polar surface area (TPSA) is 105 Å². The molecule has 8 heteroatoms. The average molecular weight is 373 g/mol. The molecule has 1 aliphatic heterocycles. The van der Waals surface area contributed by atoms with E-state index in [0.717, 1.165) is 0 Å². The summed E-state index contributed by atoms with van der Waals surface area (Å²) in [6, 6.07) is 7.02. The van der Waals surface area contributed by atoms with E-state index in [9.17, 15) is 14.7 Å². The highest BCUT2D eigenvalue weighted by molar-refractivity contribution is 6.01. The van der Waals surface area contributed by atoms with E-state index in [-0.39, 0.29) is 29.2 Å². The molecular formula is C19H23N3O5. The number of methoxy groups -OCH3 is 1. The summed E-state index contributed by atoms with van der Waals surface area (Å²) in [5.74, 6) is 0.422. The first-order valence-electron chi connectivity index (χ1n) is 8.79. The Morgan fingerprint density at radius 2 is 2.07 bits per heavy atom. The molecule has 0 bridgehead atoms. The van der Waals surface area contributed by atoms with Gasteiger partial charge in [-0.1, -0.05) is 5.16 Å². The summed E-state index contributed by atoms with van der Waals surface area (Å²) in [7, 11) is 1.57. The fourth-order valence-corrected chi connectivity index (χ4v) is 3.25. The molecule has 3 rings (SSSR count). The van der Waals surface area contributed by atoms with Crippen molar-refractivity contribution in [1.29, 1.82) is 0 Å². The second kappa shape index (κ2) is 7.79. The maximum absolute atomic E-state index is 13.2. The summed E-state index contributed by atoms with van der Waals surface area (Å²) in [6.07, 6.45) is -0.296. The number of benzene rings is 1. The first-order chi connectivity index (χ1) is 12.9. The summed E-state index contributed by atoms with van der Waals surface area (Å²) in [5.41, 5.74) is 1.31. The first-order valence-corrected chi connectivity index (χ1v) is 8.79. The molecule has 2 heterocycles. The largest absolute Gasteiger partial charge is 0.497 e. The van der Waals surface area contributed by atoms with Gasteiger partial charge in [0.05, 0.1) is 7.11 Å². The fourth-order valence-electron chi connectivity index (χ4n) is 3.25. The zero-order valence-electron chi connectivity index (χ0n) is 15.6. The molecule has 0 unspecified atom stereocenters. The Morgan fingerprint density at radius 3 is 2.67 bits per heavy atom. The lowest BCUT2D eigenvalue weighted by Crippen LogP contribution is -2.37. The van der Waals surface area contributed by atoms with Gasteiger partial charge in [0.25, 0.3) is 5.91 Å². The Hall–Kier alpha value is -2.87. The van der Waals surface area contributed by atoms with Crippen LogP contribution in [0.3, 0.4) is 0 Å². The third kappa shape index (κ3) is 3.95. The first kappa shape index (κ1) is 18.9. The number of nitrogens with one attached hydrogen (secondary N) is 1. The van der Waals surface area contributed by atoms with Gasteiger partial charge in [0, 0.05) is 31.6 Å². The summed E-state index contributed by atoms with van der Waals surface area (Å²) in [4.78, 5) is 26.1. The van der Waals surface area contributed by atoms with E-state index in [2.05, 4.69) is 10.5 Å². The monoisotopic (exact) mass is 373 g/mol. The summed E-state index contributed by atoms with van der Waals surface area (Å²) < 4.78 is 10.4. The average Bonchev–Trinajstić information content (AvgIpc) is 3.28. The van der Waals surface area contributed by atoms with Gasteiger partial charge in [0.2, 0.25) is 5.91 Å². The molecule has 0 radical (unpaired) electrons. The number of hydrogen-bond acceptors (Lipinski definition) is 6. The van der Waals surface area contributed by atoms with Crippen LogP contribution in [0.5, 0.6) is 5.75 Å². The number of aromatic nitrogens is 1. The lowest BCUT2D eigenvalue weighted by atomic mass is 10.0. The SMILES string of the molecule is COc1ccc(-c2noc([C@H](C)O)c2C(=O)N2CC[C@@H](NC(C)=O)C2)cc1. The van der Waals surface area contributed by atoms with Crippen LogP contribution in [0.4, 0.5) is 0 Å². The van der Waals surface area contributed by atoms with Crippen molar-refractivity contribution in [3.8, 4) is 17.0 Å². The van der Waals surface area contributed by atoms with Crippen LogP contribution >= 0.6 is 0 Å². The van der Waals surface area contributed by atoms with Gasteiger partial charge in [-0.3, -0.25) is 9.59 Å². The zero-order chi connectivity index (χ0) is 19.6. The molecular weight excluding hydrogens is 350 g/mol. The molecule has 2 aromatic rings. The van der Waals surface area contributed by atoms with Gasteiger partial charge >= 0.3 is 0 Å². The molecule has 8 nitrogen and oxygen atoms in total. The number of carbonyl (C=O) groups excluding carboxylic acids is 2. The highest BCUT2D eigenvalue weighted by Crippen LogP contribution is 2.32. The molecule has 1 aromatic heterocycles. The lowest BCUT2D eigenvalue weighted by Gasteiger charge is -2.17. The predicted molar refractivity (Wildman–Crippen MR) is 97.3 cm³/mol. The van der Waals surface area contributed by atoms with E-state index in [0.29, 0.717) is 36.5 Å². The van der Waals surface area contributed by atoms with Crippen LogP contribution < -0.4 is 10.1 Å². The second-order valence-corrected chi connectivity index (χ2v) is 6.61. The summed E-state index contributed by atoms with van der Waals surface area (Å²) in [6.45, 7) is 3.90. The van der Waals surface area contributed by atoms with E-state index < -0.39 is 6.10 Å². The minimum absolute atomic E-state index is 0.0780. The van der Waals surface area contributed by atoms with Crippen LogP contribution in [-0.2, 0) is 4.79 Å². The minimum Gasteiger partial charge on any atom is -0.497 e. The molecule has 2 amide bonds. The molecule has 0 saturated carbocycles. The van der Waals surface area contributed by atoms with Crippen molar-refractivity contribution in [2.75, 3.05) is 20.2 Å². The van der Waals surface area contributed by atoms with Gasteiger partial charge in [0.15, 0.2) is 5.76 Å². The Labute approximate surface area is 157 Å². The normalized spacial score (nSPS) is 17.6. The molecule has 1 aromatic carbocycles. The van der Waals surface area contributed by atoms with Gasteiger partial charge < -0.3 is 24.6 Å². The number of aliphatic hydroxyl groups excluding tert-OH is 1. The Morgan fingerprint density at radius 1 is 1.37 bits per heavy atom. The van der Waals surface area contributed by atoms with Crippen molar-refractivity contribution < 1.29 is 24.0 Å². The summed E-state index contributed by atoms with van der Waals surface area (Å²) >= 11 is 0. The Balaban J connectivity index is 1.92. The van der Waals surface area contributed by atoms with E-state index >= 15 is 0 Å². The number of amides is 2. The van der Waals surface area contributed by atoms with E-state index in [4.69, 9.17) is 9.26 Å². The number of likely N-dealkylation sites (tertiary alicyclic amines) is 1. The van der Waals surface area contributed by atoms with E-state index in [1.165, 1.54) is 13.8 Å². The fraction of sp³-hybridized carbons (Fsp3) is 0.421. The van der Waals surface area contributed by atoms with Gasteiger partial charge in [-0.25, -0.2) is 0 Å². The van der Waals surface area contributed by atoms with Gasteiger partial charge in [-0.05, 0) is 37.6 Å². The maximum Gasteiger partial charge on any atom is 0.259 e. The molecule has 1 fully saturated rings. The van der Waals surface area contributed by atoms with Crippen molar-refractivity contribution in [3.05, 3.63) is 35.6 Å². The number of rotatable bonds is 5. The molecule has 1 aliphatic rings. The van der Waals surface area contributed by atoms with Crippen LogP contribution in [0.25, 0.3) is 11.3 Å². The van der Waals surface area contributed by atoms with Crippen molar-refractivity contribution in [2.24, 2.45) is 0 Å². The number of ether oxygens (including phenoxy) is 1. The van der Waals surface area contributed by atoms with Gasteiger partial charge in [-0.15, -0.1) is 0 Å². The molecule has 2 atom stereocenters.